The number of aromatic hydroxyl groups is 1. The zero-order valence-corrected chi connectivity index (χ0v) is 11.3. The molecule has 2 aromatic rings. The van der Waals surface area contributed by atoms with Gasteiger partial charge in [-0.15, -0.1) is 0 Å². The number of hydrogen-bond donors (Lipinski definition) is 2. The van der Waals surface area contributed by atoms with E-state index in [0.29, 0.717) is 23.4 Å². The molecule has 1 atom stereocenters. The predicted molar refractivity (Wildman–Crippen MR) is 76.1 cm³/mol. The summed E-state index contributed by atoms with van der Waals surface area (Å²) in [6, 6.07) is 4.48. The lowest BCUT2D eigenvalue weighted by Crippen LogP contribution is -2.40. The Hall–Kier alpha value is -2.08. The minimum absolute atomic E-state index is 0.0460. The first-order chi connectivity index (χ1) is 9.58. The fourth-order valence-electron chi connectivity index (χ4n) is 2.78. The summed E-state index contributed by atoms with van der Waals surface area (Å²) in [5, 5.41) is 13.2. The number of hydrogen-bond acceptors (Lipinski definition) is 4. The molecule has 2 heterocycles. The number of rotatable bonds is 2. The normalized spacial score (nSPS) is 18.8. The SMILES string of the molecule is Cn1c(=O)n(CC2CCNC2)c(=O)c2ccc(O)cc21. The zero-order valence-electron chi connectivity index (χ0n) is 11.3. The average Bonchev–Trinajstić information content (AvgIpc) is 2.94. The lowest BCUT2D eigenvalue weighted by Gasteiger charge is -2.13. The van der Waals surface area contributed by atoms with Crippen LogP contribution >= 0.6 is 0 Å². The van der Waals surface area contributed by atoms with E-state index in [9.17, 15) is 14.7 Å². The van der Waals surface area contributed by atoms with Crippen molar-refractivity contribution in [2.75, 3.05) is 13.1 Å². The molecule has 0 saturated carbocycles. The van der Waals surface area contributed by atoms with Crippen LogP contribution in [0.5, 0.6) is 5.75 Å². The second kappa shape index (κ2) is 4.79. The number of phenolic OH excluding ortho intramolecular Hbond substituents is 1. The first-order valence-electron chi connectivity index (χ1n) is 6.71. The Balaban J connectivity index is 2.20. The third-order valence-corrected chi connectivity index (χ3v) is 3.94. The molecule has 1 fully saturated rings. The maximum Gasteiger partial charge on any atom is 0.331 e. The van der Waals surface area contributed by atoms with E-state index >= 15 is 0 Å². The number of fused-ring (bicyclic) bond motifs is 1. The quantitative estimate of drug-likeness (QED) is 0.810. The summed E-state index contributed by atoms with van der Waals surface area (Å²) in [4.78, 5) is 24.8. The van der Waals surface area contributed by atoms with Crippen molar-refractivity contribution in [2.24, 2.45) is 13.0 Å². The van der Waals surface area contributed by atoms with Crippen molar-refractivity contribution in [3.05, 3.63) is 39.0 Å². The van der Waals surface area contributed by atoms with Crippen LogP contribution < -0.4 is 16.6 Å². The van der Waals surface area contributed by atoms with Crippen LogP contribution in [0.15, 0.2) is 27.8 Å². The van der Waals surface area contributed by atoms with E-state index in [0.717, 1.165) is 19.5 Å². The smallest absolute Gasteiger partial charge is 0.331 e. The molecular weight excluding hydrogens is 258 g/mol. The summed E-state index contributed by atoms with van der Waals surface area (Å²) in [6.07, 6.45) is 0.975. The lowest BCUT2D eigenvalue weighted by atomic mass is 10.1. The van der Waals surface area contributed by atoms with Gasteiger partial charge in [0.2, 0.25) is 0 Å². The lowest BCUT2D eigenvalue weighted by molar-refractivity contribution is 0.452. The molecule has 0 bridgehead atoms. The Morgan fingerprint density at radius 2 is 2.20 bits per heavy atom. The van der Waals surface area contributed by atoms with Gasteiger partial charge >= 0.3 is 5.69 Å². The van der Waals surface area contributed by atoms with Gasteiger partial charge in [-0.05, 0) is 37.6 Å². The second-order valence-electron chi connectivity index (χ2n) is 5.32. The van der Waals surface area contributed by atoms with Crippen molar-refractivity contribution in [3.63, 3.8) is 0 Å². The van der Waals surface area contributed by atoms with Gasteiger partial charge in [-0.1, -0.05) is 0 Å². The molecule has 0 amide bonds. The van der Waals surface area contributed by atoms with Gasteiger partial charge in [-0.25, -0.2) is 4.79 Å². The third kappa shape index (κ3) is 2.02. The highest BCUT2D eigenvalue weighted by molar-refractivity contribution is 5.79. The zero-order chi connectivity index (χ0) is 14.3. The van der Waals surface area contributed by atoms with E-state index in [4.69, 9.17) is 0 Å². The molecule has 6 nitrogen and oxygen atoms in total. The first kappa shape index (κ1) is 12.9. The Kier molecular flexibility index (Phi) is 3.10. The number of benzene rings is 1. The number of nitrogens with one attached hydrogen (secondary N) is 1. The molecule has 0 aliphatic carbocycles. The van der Waals surface area contributed by atoms with Crippen LogP contribution in [0.2, 0.25) is 0 Å². The van der Waals surface area contributed by atoms with Crippen LogP contribution in [0.25, 0.3) is 10.9 Å². The van der Waals surface area contributed by atoms with Gasteiger partial charge in [0.25, 0.3) is 5.56 Å². The summed E-state index contributed by atoms with van der Waals surface area (Å²) >= 11 is 0. The van der Waals surface area contributed by atoms with Gasteiger partial charge in [0.15, 0.2) is 0 Å². The second-order valence-corrected chi connectivity index (χ2v) is 5.32. The molecule has 0 spiro atoms. The Labute approximate surface area is 115 Å². The predicted octanol–water partition coefficient (Wildman–Crippen LogP) is 0.0153. The van der Waals surface area contributed by atoms with Crippen LogP contribution in [-0.4, -0.2) is 27.3 Å². The van der Waals surface area contributed by atoms with E-state index in [1.807, 2.05) is 0 Å². The number of phenols is 1. The maximum atomic E-state index is 12.4. The fourth-order valence-corrected chi connectivity index (χ4v) is 2.78. The summed E-state index contributed by atoms with van der Waals surface area (Å²) in [7, 11) is 1.62. The van der Waals surface area contributed by atoms with Gasteiger partial charge in [0.05, 0.1) is 10.9 Å². The molecule has 6 heteroatoms. The molecule has 1 saturated heterocycles. The minimum Gasteiger partial charge on any atom is -0.508 e. The van der Waals surface area contributed by atoms with Crippen LogP contribution in [-0.2, 0) is 13.6 Å². The van der Waals surface area contributed by atoms with Crippen LogP contribution in [0.1, 0.15) is 6.42 Å². The molecule has 1 aliphatic heterocycles. The van der Waals surface area contributed by atoms with Crippen molar-refractivity contribution < 1.29 is 5.11 Å². The van der Waals surface area contributed by atoms with E-state index in [2.05, 4.69) is 5.32 Å². The maximum absolute atomic E-state index is 12.4. The van der Waals surface area contributed by atoms with E-state index in [-0.39, 0.29) is 17.0 Å². The molecule has 1 aromatic carbocycles. The summed E-state index contributed by atoms with van der Waals surface area (Å²) in [5.41, 5.74) is -0.157. The topological polar surface area (TPSA) is 76.3 Å². The van der Waals surface area contributed by atoms with E-state index in [1.165, 1.54) is 21.3 Å². The van der Waals surface area contributed by atoms with Crippen molar-refractivity contribution in [2.45, 2.75) is 13.0 Å². The van der Waals surface area contributed by atoms with Gasteiger partial charge in [0, 0.05) is 19.7 Å². The first-order valence-corrected chi connectivity index (χ1v) is 6.71. The minimum atomic E-state index is -0.333. The average molecular weight is 275 g/mol. The molecule has 1 unspecified atom stereocenters. The fraction of sp³-hybridized carbons (Fsp3) is 0.429. The highest BCUT2D eigenvalue weighted by Crippen LogP contribution is 2.16. The molecule has 3 rings (SSSR count). The summed E-state index contributed by atoms with van der Waals surface area (Å²) < 4.78 is 2.72. The molecule has 106 valence electrons. The molecule has 20 heavy (non-hydrogen) atoms. The Bertz CT molecular complexity index is 770. The van der Waals surface area contributed by atoms with Crippen molar-refractivity contribution in [3.8, 4) is 5.75 Å². The number of aryl methyl sites for hydroxylation is 1. The molecular formula is C14H17N3O3. The standard InChI is InChI=1S/C14H17N3O3/c1-16-12-6-10(18)2-3-11(12)13(19)17(14(16)20)8-9-4-5-15-7-9/h2-3,6,9,15,18H,4-5,7-8H2,1H3. The van der Waals surface area contributed by atoms with Crippen molar-refractivity contribution >= 4 is 10.9 Å². The van der Waals surface area contributed by atoms with Crippen LogP contribution in [0, 0.1) is 5.92 Å². The van der Waals surface area contributed by atoms with Crippen LogP contribution in [0.3, 0.4) is 0 Å². The molecule has 1 aliphatic rings. The molecule has 0 radical (unpaired) electrons. The van der Waals surface area contributed by atoms with Crippen molar-refractivity contribution in [1.29, 1.82) is 0 Å². The summed E-state index contributed by atoms with van der Waals surface area (Å²) in [5.74, 6) is 0.361. The Morgan fingerprint density at radius 1 is 1.40 bits per heavy atom. The largest absolute Gasteiger partial charge is 0.508 e. The molecule has 2 N–H and O–H groups in total. The molecule has 1 aromatic heterocycles. The van der Waals surface area contributed by atoms with Gasteiger partial charge in [0.1, 0.15) is 5.75 Å². The van der Waals surface area contributed by atoms with Crippen LogP contribution in [0.4, 0.5) is 0 Å². The van der Waals surface area contributed by atoms with Gasteiger partial charge < -0.3 is 10.4 Å². The number of aromatic nitrogens is 2. The number of nitrogens with zero attached hydrogens (tertiary/aromatic N) is 2. The van der Waals surface area contributed by atoms with Gasteiger partial charge in [-0.2, -0.15) is 0 Å². The highest BCUT2D eigenvalue weighted by Gasteiger charge is 2.19. The third-order valence-electron chi connectivity index (χ3n) is 3.94. The Morgan fingerprint density at radius 3 is 2.90 bits per heavy atom. The van der Waals surface area contributed by atoms with E-state index < -0.39 is 0 Å². The monoisotopic (exact) mass is 275 g/mol. The van der Waals surface area contributed by atoms with Gasteiger partial charge in [-0.3, -0.25) is 13.9 Å². The van der Waals surface area contributed by atoms with Crippen molar-refractivity contribution in [1.82, 2.24) is 14.5 Å². The summed E-state index contributed by atoms with van der Waals surface area (Å²) in [6.45, 7) is 2.21. The van der Waals surface area contributed by atoms with E-state index in [1.54, 1.807) is 13.1 Å². The highest BCUT2D eigenvalue weighted by atomic mass is 16.3.